The Labute approximate surface area is 102 Å². The number of anilines is 1. The van der Waals surface area contributed by atoms with E-state index in [9.17, 15) is 13.6 Å². The summed E-state index contributed by atoms with van der Waals surface area (Å²) in [6, 6.07) is 1.83. The van der Waals surface area contributed by atoms with E-state index in [2.05, 4.69) is 4.98 Å². The number of carbonyl (C=O) groups is 1. The van der Waals surface area contributed by atoms with Gasteiger partial charge in [-0.3, -0.25) is 4.79 Å². The molecule has 0 atom stereocenters. The van der Waals surface area contributed by atoms with Crippen LogP contribution in [0.3, 0.4) is 0 Å². The maximum absolute atomic E-state index is 13.5. The highest BCUT2D eigenvalue weighted by Crippen LogP contribution is 2.22. The SMILES string of the molecule is CN(C)C(=O)Cn1c(N)nc2c(F)cc(F)cc21. The van der Waals surface area contributed by atoms with Crippen LogP contribution in [0.25, 0.3) is 11.0 Å². The lowest BCUT2D eigenvalue weighted by Crippen LogP contribution is -2.26. The number of hydrogen-bond acceptors (Lipinski definition) is 3. The first-order chi connectivity index (χ1) is 8.40. The molecule has 0 aliphatic rings. The van der Waals surface area contributed by atoms with Crippen LogP contribution in [-0.2, 0) is 11.3 Å². The van der Waals surface area contributed by atoms with Gasteiger partial charge in [-0.05, 0) is 0 Å². The Hall–Kier alpha value is -2.18. The quantitative estimate of drug-likeness (QED) is 0.869. The lowest BCUT2D eigenvalue weighted by Gasteiger charge is -2.12. The van der Waals surface area contributed by atoms with Gasteiger partial charge in [-0.15, -0.1) is 0 Å². The molecule has 18 heavy (non-hydrogen) atoms. The highest BCUT2D eigenvalue weighted by molar-refractivity contribution is 5.83. The lowest BCUT2D eigenvalue weighted by atomic mass is 10.3. The van der Waals surface area contributed by atoms with Gasteiger partial charge in [0, 0.05) is 26.2 Å². The standard InChI is InChI=1S/C11H12F2N4O/c1-16(2)9(18)5-17-8-4-6(12)3-7(13)10(8)15-11(17)14/h3-4H,5H2,1-2H3,(H2,14,15). The van der Waals surface area contributed by atoms with E-state index in [0.717, 1.165) is 12.1 Å². The number of carbonyl (C=O) groups excluding carboxylic acids is 1. The van der Waals surface area contributed by atoms with Crippen molar-refractivity contribution in [2.45, 2.75) is 6.54 Å². The normalized spacial score (nSPS) is 10.9. The minimum Gasteiger partial charge on any atom is -0.369 e. The number of nitrogen functional groups attached to an aromatic ring is 1. The van der Waals surface area contributed by atoms with E-state index in [1.807, 2.05) is 0 Å². The van der Waals surface area contributed by atoms with Crippen molar-refractivity contribution in [3.05, 3.63) is 23.8 Å². The third kappa shape index (κ3) is 1.99. The zero-order valence-electron chi connectivity index (χ0n) is 9.94. The van der Waals surface area contributed by atoms with Gasteiger partial charge < -0.3 is 15.2 Å². The van der Waals surface area contributed by atoms with Gasteiger partial charge in [0.15, 0.2) is 5.82 Å². The molecule has 5 nitrogen and oxygen atoms in total. The number of likely N-dealkylation sites (N-methyl/N-ethyl adjacent to an activating group) is 1. The molecule has 0 aliphatic heterocycles. The van der Waals surface area contributed by atoms with Gasteiger partial charge >= 0.3 is 0 Å². The first-order valence-corrected chi connectivity index (χ1v) is 5.21. The molecule has 0 saturated carbocycles. The van der Waals surface area contributed by atoms with Crippen LogP contribution in [0.1, 0.15) is 0 Å². The van der Waals surface area contributed by atoms with Crippen molar-refractivity contribution >= 4 is 22.9 Å². The molecule has 0 unspecified atom stereocenters. The maximum atomic E-state index is 13.5. The number of nitrogens with two attached hydrogens (primary N) is 1. The lowest BCUT2D eigenvalue weighted by molar-refractivity contribution is -0.129. The van der Waals surface area contributed by atoms with E-state index in [4.69, 9.17) is 5.73 Å². The number of amides is 1. The van der Waals surface area contributed by atoms with E-state index in [1.165, 1.54) is 9.47 Å². The monoisotopic (exact) mass is 254 g/mol. The summed E-state index contributed by atoms with van der Waals surface area (Å²) in [7, 11) is 3.16. The largest absolute Gasteiger partial charge is 0.369 e. The molecule has 0 spiro atoms. The van der Waals surface area contributed by atoms with E-state index in [1.54, 1.807) is 14.1 Å². The first-order valence-electron chi connectivity index (χ1n) is 5.21. The number of rotatable bonds is 2. The summed E-state index contributed by atoms with van der Waals surface area (Å²) in [5.41, 5.74) is 5.74. The van der Waals surface area contributed by atoms with Crippen molar-refractivity contribution in [2.75, 3.05) is 19.8 Å². The van der Waals surface area contributed by atoms with Crippen molar-refractivity contribution in [3.63, 3.8) is 0 Å². The van der Waals surface area contributed by atoms with Crippen LogP contribution in [-0.4, -0.2) is 34.5 Å². The molecule has 1 amide bonds. The van der Waals surface area contributed by atoms with Crippen molar-refractivity contribution < 1.29 is 13.6 Å². The van der Waals surface area contributed by atoms with Gasteiger partial charge in [-0.1, -0.05) is 0 Å². The van der Waals surface area contributed by atoms with Gasteiger partial charge in [0.05, 0.1) is 5.52 Å². The van der Waals surface area contributed by atoms with Crippen molar-refractivity contribution in [1.29, 1.82) is 0 Å². The fourth-order valence-electron chi connectivity index (χ4n) is 1.61. The Balaban J connectivity index is 2.56. The van der Waals surface area contributed by atoms with Gasteiger partial charge in [-0.25, -0.2) is 13.8 Å². The van der Waals surface area contributed by atoms with Crippen LogP contribution < -0.4 is 5.73 Å². The van der Waals surface area contributed by atoms with Crippen LogP contribution in [0, 0.1) is 11.6 Å². The van der Waals surface area contributed by atoms with Crippen LogP contribution in [0.4, 0.5) is 14.7 Å². The Bertz CT molecular complexity index is 621. The van der Waals surface area contributed by atoms with Crippen LogP contribution in [0.2, 0.25) is 0 Å². The summed E-state index contributed by atoms with van der Waals surface area (Å²) < 4.78 is 27.9. The predicted molar refractivity (Wildman–Crippen MR) is 62.8 cm³/mol. The molecule has 96 valence electrons. The molecule has 1 aromatic heterocycles. The number of imidazole rings is 1. The zero-order valence-corrected chi connectivity index (χ0v) is 9.94. The number of hydrogen-bond donors (Lipinski definition) is 1. The van der Waals surface area contributed by atoms with E-state index in [0.29, 0.717) is 0 Å². The second-order valence-corrected chi connectivity index (χ2v) is 4.10. The Morgan fingerprint density at radius 1 is 1.44 bits per heavy atom. The summed E-state index contributed by atoms with van der Waals surface area (Å²) in [6.07, 6.45) is 0. The van der Waals surface area contributed by atoms with Gasteiger partial charge in [0.25, 0.3) is 0 Å². The van der Waals surface area contributed by atoms with Crippen LogP contribution in [0.5, 0.6) is 0 Å². The molecule has 2 aromatic rings. The molecule has 0 fully saturated rings. The smallest absolute Gasteiger partial charge is 0.242 e. The molecular weight excluding hydrogens is 242 g/mol. The molecule has 1 heterocycles. The summed E-state index contributed by atoms with van der Waals surface area (Å²) in [5.74, 6) is -1.80. The van der Waals surface area contributed by atoms with Crippen molar-refractivity contribution in [3.8, 4) is 0 Å². The minimum absolute atomic E-state index is 0.0234. The Morgan fingerprint density at radius 2 is 2.11 bits per heavy atom. The second-order valence-electron chi connectivity index (χ2n) is 4.10. The van der Waals surface area contributed by atoms with Crippen molar-refractivity contribution in [1.82, 2.24) is 14.5 Å². The third-order valence-electron chi connectivity index (χ3n) is 2.59. The van der Waals surface area contributed by atoms with Gasteiger partial charge in [0.1, 0.15) is 17.9 Å². The molecule has 0 saturated heterocycles. The molecule has 0 aliphatic carbocycles. The number of aromatic nitrogens is 2. The summed E-state index contributed by atoms with van der Waals surface area (Å²) in [5, 5.41) is 0. The van der Waals surface area contributed by atoms with Crippen molar-refractivity contribution in [2.24, 2.45) is 0 Å². The first kappa shape index (κ1) is 12.3. The highest BCUT2D eigenvalue weighted by atomic mass is 19.1. The predicted octanol–water partition coefficient (Wildman–Crippen LogP) is 0.985. The van der Waals surface area contributed by atoms with E-state index < -0.39 is 11.6 Å². The van der Waals surface area contributed by atoms with Crippen LogP contribution in [0.15, 0.2) is 12.1 Å². The van der Waals surface area contributed by atoms with E-state index >= 15 is 0 Å². The molecule has 0 radical (unpaired) electrons. The number of benzene rings is 1. The average Bonchev–Trinajstić information content (AvgIpc) is 2.57. The van der Waals surface area contributed by atoms with Crippen LogP contribution >= 0.6 is 0 Å². The molecule has 2 rings (SSSR count). The number of fused-ring (bicyclic) bond motifs is 1. The summed E-state index contributed by atoms with van der Waals surface area (Å²) in [6.45, 7) is -0.113. The average molecular weight is 254 g/mol. The second kappa shape index (κ2) is 4.25. The molecule has 7 heteroatoms. The third-order valence-corrected chi connectivity index (χ3v) is 2.59. The van der Waals surface area contributed by atoms with E-state index in [-0.39, 0.29) is 29.4 Å². The molecular formula is C11H12F2N4O. The topological polar surface area (TPSA) is 64.2 Å². The number of halogens is 2. The summed E-state index contributed by atoms with van der Waals surface area (Å²) in [4.78, 5) is 16.8. The molecule has 1 aromatic carbocycles. The van der Waals surface area contributed by atoms with Gasteiger partial charge in [-0.2, -0.15) is 0 Å². The van der Waals surface area contributed by atoms with Gasteiger partial charge in [0.2, 0.25) is 11.9 Å². The Morgan fingerprint density at radius 3 is 2.72 bits per heavy atom. The molecule has 0 bridgehead atoms. The molecule has 2 N–H and O–H groups in total. The highest BCUT2D eigenvalue weighted by Gasteiger charge is 2.16. The minimum atomic E-state index is -0.798. The summed E-state index contributed by atoms with van der Waals surface area (Å²) >= 11 is 0. The maximum Gasteiger partial charge on any atom is 0.242 e. The fourth-order valence-corrected chi connectivity index (χ4v) is 1.61. The number of nitrogens with zero attached hydrogens (tertiary/aromatic N) is 3. The fraction of sp³-hybridized carbons (Fsp3) is 0.273. The zero-order chi connectivity index (χ0) is 13.4. The Kier molecular flexibility index (Phi) is 2.90.